The number of ether oxygens (including phenoxy) is 2. The molecule has 0 saturated heterocycles. The van der Waals surface area contributed by atoms with Crippen LogP contribution in [0.25, 0.3) is 0 Å². The van der Waals surface area contributed by atoms with Crippen LogP contribution in [0.2, 0.25) is 0 Å². The van der Waals surface area contributed by atoms with Crippen molar-refractivity contribution in [3.8, 4) is 5.75 Å². The molecule has 0 aliphatic carbocycles. The van der Waals surface area contributed by atoms with Crippen molar-refractivity contribution in [1.29, 1.82) is 0 Å². The van der Waals surface area contributed by atoms with Gasteiger partial charge in [0.2, 0.25) is 0 Å². The molecule has 0 saturated carbocycles. The fraction of sp³-hybridized carbons (Fsp3) is 0.208. The van der Waals surface area contributed by atoms with Crippen LogP contribution in [0.15, 0.2) is 78.9 Å². The zero-order valence-corrected chi connectivity index (χ0v) is 16.7. The van der Waals surface area contributed by atoms with Crippen LogP contribution >= 0.6 is 0 Å². The Bertz CT molecular complexity index is 973. The molecular formula is C24H22F3NO3. The smallest absolute Gasteiger partial charge is 0.422 e. The minimum atomic E-state index is -4.41. The van der Waals surface area contributed by atoms with E-state index < -0.39 is 12.8 Å². The number of hydrogen-bond donors (Lipinski definition) is 1. The third kappa shape index (κ3) is 7.46. The first kappa shape index (κ1) is 22.4. The van der Waals surface area contributed by atoms with Crippen molar-refractivity contribution < 1.29 is 27.4 Å². The maximum absolute atomic E-state index is 12.4. The fourth-order valence-corrected chi connectivity index (χ4v) is 2.87. The molecule has 0 aliphatic rings. The van der Waals surface area contributed by atoms with Crippen LogP contribution in [0.3, 0.4) is 0 Å². The summed E-state index contributed by atoms with van der Waals surface area (Å²) in [5.41, 5.74) is 3.30. The predicted molar refractivity (Wildman–Crippen MR) is 111 cm³/mol. The average molecular weight is 429 g/mol. The van der Waals surface area contributed by atoms with Gasteiger partial charge in [-0.2, -0.15) is 13.2 Å². The van der Waals surface area contributed by atoms with Crippen molar-refractivity contribution in [2.75, 3.05) is 6.61 Å². The molecule has 0 heterocycles. The Morgan fingerprint density at radius 3 is 2.13 bits per heavy atom. The summed E-state index contributed by atoms with van der Waals surface area (Å²) in [5, 5.41) is 2.82. The molecule has 31 heavy (non-hydrogen) atoms. The molecule has 0 spiro atoms. The molecule has 0 unspecified atom stereocenters. The number of carbonyl (C=O) groups excluding carboxylic acids is 1. The molecular weight excluding hydrogens is 407 g/mol. The Balaban J connectivity index is 1.52. The fourth-order valence-electron chi connectivity index (χ4n) is 2.87. The van der Waals surface area contributed by atoms with Crippen molar-refractivity contribution in [2.45, 2.75) is 25.9 Å². The monoisotopic (exact) mass is 429 g/mol. The standard InChI is InChI=1S/C24H22F3NO3/c25-24(26,27)17-31-22-12-10-19(11-13-22)23(29)28-14-20-8-4-5-9-21(20)16-30-15-18-6-2-1-3-7-18/h1-13H,14-17H2,(H,28,29). The second kappa shape index (κ2) is 10.6. The maximum atomic E-state index is 12.4. The van der Waals surface area contributed by atoms with Gasteiger partial charge in [0.1, 0.15) is 5.75 Å². The summed E-state index contributed by atoms with van der Waals surface area (Å²) < 4.78 is 47.1. The van der Waals surface area contributed by atoms with Crippen LogP contribution in [0, 0.1) is 0 Å². The summed E-state index contributed by atoms with van der Waals surface area (Å²) in [6.45, 7) is -0.172. The molecule has 1 N–H and O–H groups in total. The molecule has 0 bridgehead atoms. The lowest BCUT2D eigenvalue weighted by molar-refractivity contribution is -0.153. The number of carbonyl (C=O) groups is 1. The first-order chi connectivity index (χ1) is 14.9. The quantitative estimate of drug-likeness (QED) is 0.504. The van der Waals surface area contributed by atoms with E-state index in [2.05, 4.69) is 10.1 Å². The average Bonchev–Trinajstić information content (AvgIpc) is 2.77. The number of nitrogens with one attached hydrogen (secondary N) is 1. The highest BCUT2D eigenvalue weighted by atomic mass is 19.4. The molecule has 4 nitrogen and oxygen atoms in total. The van der Waals surface area contributed by atoms with E-state index in [0.717, 1.165) is 16.7 Å². The van der Waals surface area contributed by atoms with Crippen molar-refractivity contribution >= 4 is 5.91 Å². The predicted octanol–water partition coefficient (Wildman–Crippen LogP) is 5.27. The Hall–Kier alpha value is -3.32. The van der Waals surface area contributed by atoms with Crippen molar-refractivity contribution in [2.24, 2.45) is 0 Å². The van der Waals surface area contributed by atoms with Crippen molar-refractivity contribution in [3.63, 3.8) is 0 Å². The number of rotatable bonds is 9. The minimum Gasteiger partial charge on any atom is -0.484 e. The highest BCUT2D eigenvalue weighted by Crippen LogP contribution is 2.19. The van der Waals surface area contributed by atoms with E-state index in [-0.39, 0.29) is 11.7 Å². The van der Waals surface area contributed by atoms with Crippen LogP contribution in [0.5, 0.6) is 5.75 Å². The van der Waals surface area contributed by atoms with Gasteiger partial charge in [-0.25, -0.2) is 0 Å². The third-order valence-corrected chi connectivity index (χ3v) is 4.45. The van der Waals surface area contributed by atoms with E-state index in [9.17, 15) is 18.0 Å². The molecule has 3 rings (SSSR count). The summed E-state index contributed by atoms with van der Waals surface area (Å²) in [4.78, 5) is 12.4. The lowest BCUT2D eigenvalue weighted by Gasteiger charge is -2.12. The van der Waals surface area contributed by atoms with Gasteiger partial charge in [-0.15, -0.1) is 0 Å². The summed E-state index contributed by atoms with van der Waals surface area (Å²) in [7, 11) is 0. The van der Waals surface area contributed by atoms with Gasteiger partial charge in [0.05, 0.1) is 13.2 Å². The molecule has 0 aromatic heterocycles. The van der Waals surface area contributed by atoms with Gasteiger partial charge in [-0.1, -0.05) is 54.6 Å². The van der Waals surface area contributed by atoms with Crippen LogP contribution in [-0.2, 0) is 24.5 Å². The van der Waals surface area contributed by atoms with Gasteiger partial charge in [0, 0.05) is 12.1 Å². The Morgan fingerprint density at radius 2 is 1.45 bits per heavy atom. The molecule has 0 aliphatic heterocycles. The van der Waals surface area contributed by atoms with Crippen molar-refractivity contribution in [1.82, 2.24) is 5.32 Å². The largest absolute Gasteiger partial charge is 0.484 e. The Labute approximate surface area is 178 Å². The molecule has 7 heteroatoms. The van der Waals surface area contributed by atoms with E-state index in [0.29, 0.717) is 25.3 Å². The van der Waals surface area contributed by atoms with Gasteiger partial charge >= 0.3 is 6.18 Å². The normalized spacial score (nSPS) is 11.2. The van der Waals surface area contributed by atoms with Gasteiger partial charge in [0.15, 0.2) is 6.61 Å². The summed E-state index contributed by atoms with van der Waals surface area (Å²) in [5.74, 6) is -0.280. The SMILES string of the molecule is O=C(NCc1ccccc1COCc1ccccc1)c1ccc(OCC(F)(F)F)cc1. The van der Waals surface area contributed by atoms with E-state index in [1.165, 1.54) is 24.3 Å². The van der Waals surface area contributed by atoms with Gasteiger partial charge in [-0.3, -0.25) is 4.79 Å². The van der Waals surface area contributed by atoms with E-state index in [1.54, 1.807) is 0 Å². The molecule has 0 fully saturated rings. The van der Waals surface area contributed by atoms with Crippen LogP contribution in [-0.4, -0.2) is 18.7 Å². The highest BCUT2D eigenvalue weighted by molar-refractivity contribution is 5.94. The van der Waals surface area contributed by atoms with E-state index in [4.69, 9.17) is 4.74 Å². The van der Waals surface area contributed by atoms with Crippen molar-refractivity contribution in [3.05, 3.63) is 101 Å². The van der Waals surface area contributed by atoms with Crippen LogP contribution in [0.4, 0.5) is 13.2 Å². The zero-order valence-electron chi connectivity index (χ0n) is 16.7. The molecule has 3 aromatic carbocycles. The van der Waals surface area contributed by atoms with Gasteiger partial charge in [-0.05, 0) is 41.0 Å². The summed E-state index contributed by atoms with van der Waals surface area (Å²) in [6.07, 6.45) is -4.41. The second-order valence-electron chi connectivity index (χ2n) is 6.86. The number of benzene rings is 3. The maximum Gasteiger partial charge on any atom is 0.422 e. The number of hydrogen-bond acceptors (Lipinski definition) is 3. The summed E-state index contributed by atoms with van der Waals surface area (Å²) >= 11 is 0. The van der Waals surface area contributed by atoms with E-state index in [1.807, 2.05) is 54.6 Å². The minimum absolute atomic E-state index is 0.0507. The molecule has 0 radical (unpaired) electrons. The molecule has 0 atom stereocenters. The third-order valence-electron chi connectivity index (χ3n) is 4.45. The topological polar surface area (TPSA) is 47.6 Å². The van der Waals surface area contributed by atoms with Gasteiger partial charge < -0.3 is 14.8 Å². The van der Waals surface area contributed by atoms with Gasteiger partial charge in [0.25, 0.3) is 5.91 Å². The zero-order chi connectivity index (χ0) is 22.1. The second-order valence-corrected chi connectivity index (χ2v) is 6.86. The number of alkyl halides is 3. The number of amides is 1. The Kier molecular flexibility index (Phi) is 7.67. The molecule has 162 valence electrons. The van der Waals surface area contributed by atoms with Crippen LogP contribution < -0.4 is 10.1 Å². The highest BCUT2D eigenvalue weighted by Gasteiger charge is 2.28. The summed E-state index contributed by atoms with van der Waals surface area (Å²) in [6, 6.07) is 23.0. The first-order valence-electron chi connectivity index (χ1n) is 9.67. The molecule has 3 aromatic rings. The van der Waals surface area contributed by atoms with Crippen LogP contribution in [0.1, 0.15) is 27.0 Å². The lowest BCUT2D eigenvalue weighted by Crippen LogP contribution is -2.23. The van der Waals surface area contributed by atoms with E-state index >= 15 is 0 Å². The molecule has 1 amide bonds. The Morgan fingerprint density at radius 1 is 0.806 bits per heavy atom. The first-order valence-corrected chi connectivity index (χ1v) is 9.67. The number of halogens is 3. The lowest BCUT2D eigenvalue weighted by atomic mass is 10.1.